The number of nitrogens with one attached hydrogen (secondary N) is 2. The van der Waals surface area contributed by atoms with Crippen LogP contribution in [0.15, 0.2) is 29.2 Å². The van der Waals surface area contributed by atoms with Crippen molar-refractivity contribution in [2.75, 3.05) is 0 Å². The molecule has 1 rings (SSSR count). The Kier molecular flexibility index (Phi) is 7.60. The third kappa shape index (κ3) is 7.69. The number of carbonyl (C=O) groups excluding carboxylic acids is 2. The number of aryl methyl sites for hydroxylation is 1. The molecule has 0 aliphatic heterocycles. The summed E-state index contributed by atoms with van der Waals surface area (Å²) >= 11 is 0. The van der Waals surface area contributed by atoms with E-state index in [1.807, 2.05) is 32.9 Å². The maximum absolute atomic E-state index is 12.5. The molecule has 25 heavy (non-hydrogen) atoms. The highest BCUT2D eigenvalue weighted by molar-refractivity contribution is 7.83. The zero-order valence-electron chi connectivity index (χ0n) is 15.7. The van der Waals surface area contributed by atoms with Crippen LogP contribution in [-0.2, 0) is 20.5 Å². The standard InChI is InChI=1S/C18H28N2O4S/c1-12(2)11-14(19-17(22)24-18(4,5)6)16(21)20-25(23)15-10-8-7-9-13(15)3/h7-10,12,14H,11H2,1-6H3,(H,19,22)(H,20,21)/t14-,25?/m0/s1. The number of ether oxygens (including phenoxy) is 1. The van der Waals surface area contributed by atoms with Crippen LogP contribution in [0.2, 0.25) is 0 Å². The number of rotatable bonds is 6. The number of hydrogen-bond donors (Lipinski definition) is 2. The molecule has 2 atom stereocenters. The van der Waals surface area contributed by atoms with Crippen molar-refractivity contribution in [1.82, 2.24) is 10.0 Å². The Morgan fingerprint density at radius 2 is 1.80 bits per heavy atom. The molecule has 0 heterocycles. The van der Waals surface area contributed by atoms with E-state index in [1.165, 1.54) is 0 Å². The van der Waals surface area contributed by atoms with E-state index in [4.69, 9.17) is 4.74 Å². The lowest BCUT2D eigenvalue weighted by Gasteiger charge is -2.24. The Labute approximate surface area is 152 Å². The van der Waals surface area contributed by atoms with Gasteiger partial charge in [0.1, 0.15) is 11.6 Å². The van der Waals surface area contributed by atoms with E-state index in [-0.39, 0.29) is 5.92 Å². The fourth-order valence-electron chi connectivity index (χ4n) is 2.13. The number of carbonyl (C=O) groups is 2. The molecule has 2 N–H and O–H groups in total. The first-order valence-corrected chi connectivity index (χ1v) is 9.42. The second kappa shape index (κ2) is 8.99. The van der Waals surface area contributed by atoms with Crippen LogP contribution >= 0.6 is 0 Å². The molecule has 0 radical (unpaired) electrons. The van der Waals surface area contributed by atoms with Crippen LogP contribution in [0.4, 0.5) is 4.79 Å². The largest absolute Gasteiger partial charge is 0.444 e. The van der Waals surface area contributed by atoms with Gasteiger partial charge in [0, 0.05) is 0 Å². The van der Waals surface area contributed by atoms with E-state index in [9.17, 15) is 13.8 Å². The van der Waals surface area contributed by atoms with E-state index >= 15 is 0 Å². The van der Waals surface area contributed by atoms with Gasteiger partial charge in [-0.15, -0.1) is 0 Å². The van der Waals surface area contributed by atoms with Gasteiger partial charge in [0.05, 0.1) is 4.90 Å². The van der Waals surface area contributed by atoms with Crippen LogP contribution in [0.3, 0.4) is 0 Å². The maximum atomic E-state index is 12.5. The summed E-state index contributed by atoms with van der Waals surface area (Å²) < 4.78 is 20.1. The summed E-state index contributed by atoms with van der Waals surface area (Å²) in [5.74, 6) is -0.335. The van der Waals surface area contributed by atoms with Crippen LogP contribution in [0.25, 0.3) is 0 Å². The minimum atomic E-state index is -1.69. The average Bonchev–Trinajstić information content (AvgIpc) is 2.44. The molecule has 1 unspecified atom stereocenters. The summed E-state index contributed by atoms with van der Waals surface area (Å²) in [5, 5.41) is 2.57. The van der Waals surface area contributed by atoms with Gasteiger partial charge in [-0.2, -0.15) is 0 Å². The first-order chi connectivity index (χ1) is 11.5. The Hall–Kier alpha value is -1.89. The zero-order valence-corrected chi connectivity index (χ0v) is 16.5. The SMILES string of the molecule is Cc1ccccc1S(=O)NC(=O)[C@H](CC(C)C)NC(=O)OC(C)(C)C. The van der Waals surface area contributed by atoms with Gasteiger partial charge in [-0.05, 0) is 51.7 Å². The predicted molar refractivity (Wildman–Crippen MR) is 98.3 cm³/mol. The normalized spacial score (nSPS) is 13.9. The molecule has 0 spiro atoms. The molecule has 1 aromatic carbocycles. The van der Waals surface area contributed by atoms with E-state index in [0.29, 0.717) is 11.3 Å². The van der Waals surface area contributed by atoms with Gasteiger partial charge in [0.2, 0.25) is 0 Å². The Morgan fingerprint density at radius 3 is 2.32 bits per heavy atom. The van der Waals surface area contributed by atoms with E-state index < -0.39 is 34.6 Å². The highest BCUT2D eigenvalue weighted by atomic mass is 32.2. The number of alkyl carbamates (subject to hydrolysis) is 1. The van der Waals surface area contributed by atoms with Crippen LogP contribution < -0.4 is 10.0 Å². The van der Waals surface area contributed by atoms with Crippen molar-refractivity contribution < 1.29 is 18.5 Å². The molecule has 1 aromatic rings. The topological polar surface area (TPSA) is 84.5 Å². The van der Waals surface area contributed by atoms with Crippen molar-refractivity contribution >= 4 is 23.0 Å². The Morgan fingerprint density at radius 1 is 1.20 bits per heavy atom. The van der Waals surface area contributed by atoms with Gasteiger partial charge in [0.15, 0.2) is 11.0 Å². The highest BCUT2D eigenvalue weighted by Crippen LogP contribution is 2.13. The molecule has 0 aliphatic carbocycles. The molecule has 6 nitrogen and oxygen atoms in total. The van der Waals surface area contributed by atoms with Gasteiger partial charge in [-0.3, -0.25) is 9.52 Å². The van der Waals surface area contributed by atoms with Crippen molar-refractivity contribution in [3.8, 4) is 0 Å². The molecule has 7 heteroatoms. The van der Waals surface area contributed by atoms with Crippen LogP contribution in [-0.4, -0.2) is 27.9 Å². The first kappa shape index (κ1) is 21.2. The molecular weight excluding hydrogens is 340 g/mol. The van der Waals surface area contributed by atoms with Crippen LogP contribution in [0.5, 0.6) is 0 Å². The molecule has 0 saturated carbocycles. The lowest BCUT2D eigenvalue weighted by atomic mass is 10.0. The summed E-state index contributed by atoms with van der Waals surface area (Å²) in [6.07, 6.45) is -0.259. The highest BCUT2D eigenvalue weighted by Gasteiger charge is 2.26. The minimum absolute atomic E-state index is 0.164. The summed E-state index contributed by atoms with van der Waals surface area (Å²) in [6.45, 7) is 10.9. The van der Waals surface area contributed by atoms with E-state index in [0.717, 1.165) is 5.56 Å². The van der Waals surface area contributed by atoms with Gasteiger partial charge < -0.3 is 10.1 Å². The fraction of sp³-hybridized carbons (Fsp3) is 0.556. The minimum Gasteiger partial charge on any atom is -0.444 e. The van der Waals surface area contributed by atoms with Crippen molar-refractivity contribution in [3.05, 3.63) is 29.8 Å². The molecule has 0 saturated heterocycles. The third-order valence-electron chi connectivity index (χ3n) is 3.20. The van der Waals surface area contributed by atoms with Crippen molar-refractivity contribution in [3.63, 3.8) is 0 Å². The average molecular weight is 368 g/mol. The first-order valence-electron chi connectivity index (χ1n) is 8.27. The second-order valence-electron chi connectivity index (χ2n) is 7.33. The molecule has 0 aliphatic rings. The van der Waals surface area contributed by atoms with E-state index in [2.05, 4.69) is 10.0 Å². The monoisotopic (exact) mass is 368 g/mol. The van der Waals surface area contributed by atoms with Gasteiger partial charge in [-0.1, -0.05) is 32.0 Å². The summed E-state index contributed by atoms with van der Waals surface area (Å²) in [6, 6.07) is 6.30. The molecule has 0 aromatic heterocycles. The second-order valence-corrected chi connectivity index (χ2v) is 8.51. The predicted octanol–water partition coefficient (Wildman–Crippen LogP) is 3.07. The molecule has 140 valence electrons. The number of amides is 2. The molecule has 0 bridgehead atoms. The van der Waals surface area contributed by atoms with E-state index in [1.54, 1.807) is 32.9 Å². The fourth-order valence-corrected chi connectivity index (χ4v) is 3.13. The van der Waals surface area contributed by atoms with Crippen molar-refractivity contribution in [2.45, 2.75) is 64.5 Å². The third-order valence-corrected chi connectivity index (χ3v) is 4.45. The van der Waals surface area contributed by atoms with Crippen molar-refractivity contribution in [1.29, 1.82) is 0 Å². The smallest absolute Gasteiger partial charge is 0.408 e. The zero-order chi connectivity index (χ0) is 19.2. The Balaban J connectivity index is 2.81. The quantitative estimate of drug-likeness (QED) is 0.808. The van der Waals surface area contributed by atoms with Gasteiger partial charge in [-0.25, -0.2) is 9.00 Å². The molecular formula is C18H28N2O4S. The van der Waals surface area contributed by atoms with Gasteiger partial charge >= 0.3 is 6.09 Å². The summed E-state index contributed by atoms with van der Waals surface area (Å²) in [7, 11) is -1.69. The van der Waals surface area contributed by atoms with Gasteiger partial charge in [0.25, 0.3) is 5.91 Å². The number of hydrogen-bond acceptors (Lipinski definition) is 4. The van der Waals surface area contributed by atoms with Crippen LogP contribution in [0.1, 0.15) is 46.6 Å². The van der Waals surface area contributed by atoms with Crippen LogP contribution in [0, 0.1) is 12.8 Å². The summed E-state index contributed by atoms with van der Waals surface area (Å²) in [4.78, 5) is 25.0. The lowest BCUT2D eigenvalue weighted by Crippen LogP contribution is -2.49. The maximum Gasteiger partial charge on any atom is 0.408 e. The lowest BCUT2D eigenvalue weighted by molar-refractivity contribution is -0.121. The van der Waals surface area contributed by atoms with Crippen molar-refractivity contribution in [2.24, 2.45) is 5.92 Å². The Bertz CT molecular complexity index is 638. The molecule has 2 amide bonds. The number of benzene rings is 1. The molecule has 0 fully saturated rings. The summed E-state index contributed by atoms with van der Waals surface area (Å²) in [5.41, 5.74) is 0.161.